The van der Waals surface area contributed by atoms with E-state index in [1.807, 2.05) is 0 Å². The molecule has 1 aromatic carbocycles. The average molecular weight is 504 g/mol. The summed E-state index contributed by atoms with van der Waals surface area (Å²) in [7, 11) is 0. The van der Waals surface area contributed by atoms with Crippen LogP contribution in [0.4, 0.5) is 23.2 Å². The second-order valence-corrected chi connectivity index (χ2v) is 9.73. The quantitative estimate of drug-likeness (QED) is 0.405. The summed E-state index contributed by atoms with van der Waals surface area (Å²) in [5.41, 5.74) is 9.45. The highest BCUT2D eigenvalue weighted by Gasteiger charge is 2.41. The number of ether oxygens (including phenoxy) is 2. The van der Waals surface area contributed by atoms with Crippen molar-refractivity contribution in [1.82, 2.24) is 14.9 Å². The number of nitrogens with two attached hydrogens (primary N) is 1. The molecule has 0 bridgehead atoms. The van der Waals surface area contributed by atoms with E-state index in [0.717, 1.165) is 35.2 Å². The van der Waals surface area contributed by atoms with Crippen LogP contribution in [-0.4, -0.2) is 53.4 Å². The zero-order valence-corrected chi connectivity index (χ0v) is 19.2. The minimum Gasteiger partial charge on any atom is -0.406 e. The molecule has 2 aromatic heterocycles. The molecule has 2 saturated heterocycles. The highest BCUT2D eigenvalue weighted by Crippen LogP contribution is 2.48. The largest absolute Gasteiger partial charge is 0.573 e. The van der Waals surface area contributed by atoms with Crippen LogP contribution in [0, 0.1) is 11.7 Å². The number of benzene rings is 1. The van der Waals surface area contributed by atoms with Gasteiger partial charge in [0.05, 0.1) is 25.0 Å². The molecule has 2 aliphatic heterocycles. The highest BCUT2D eigenvalue weighted by atomic mass is 19.4. The zero-order chi connectivity index (χ0) is 25.2. The maximum Gasteiger partial charge on any atom is 0.573 e. The summed E-state index contributed by atoms with van der Waals surface area (Å²) in [4.78, 5) is 22.4. The molecule has 6 rings (SSSR count). The van der Waals surface area contributed by atoms with Crippen molar-refractivity contribution in [3.8, 4) is 5.75 Å². The van der Waals surface area contributed by atoms with Crippen molar-refractivity contribution < 1.29 is 31.8 Å². The van der Waals surface area contributed by atoms with Gasteiger partial charge in [-0.3, -0.25) is 4.79 Å². The lowest BCUT2D eigenvalue weighted by molar-refractivity contribution is -0.274. The molecule has 0 saturated carbocycles. The number of amides is 1. The van der Waals surface area contributed by atoms with E-state index in [-0.39, 0.29) is 34.8 Å². The number of carbonyl (C=O) groups is 1. The Bertz CT molecular complexity index is 1350. The molecule has 4 heterocycles. The van der Waals surface area contributed by atoms with Gasteiger partial charge in [-0.15, -0.1) is 13.2 Å². The molecule has 0 unspecified atom stereocenters. The fraction of sp³-hybridized carbons (Fsp3) is 0.440. The third-order valence-electron chi connectivity index (χ3n) is 7.65. The Morgan fingerprint density at radius 1 is 1.19 bits per heavy atom. The number of piperidine rings is 1. The van der Waals surface area contributed by atoms with E-state index >= 15 is 4.39 Å². The first kappa shape index (κ1) is 23.1. The maximum atomic E-state index is 15.2. The molecule has 1 amide bonds. The highest BCUT2D eigenvalue weighted by molar-refractivity contribution is 5.99. The summed E-state index contributed by atoms with van der Waals surface area (Å²) >= 11 is 0. The number of likely N-dealkylation sites (tertiary alicyclic amines) is 1. The Morgan fingerprint density at radius 2 is 1.97 bits per heavy atom. The van der Waals surface area contributed by atoms with Crippen LogP contribution in [0.15, 0.2) is 24.4 Å². The van der Waals surface area contributed by atoms with Crippen LogP contribution in [0.3, 0.4) is 0 Å². The van der Waals surface area contributed by atoms with Gasteiger partial charge < -0.3 is 25.1 Å². The number of alkyl halides is 3. The van der Waals surface area contributed by atoms with E-state index in [0.29, 0.717) is 56.3 Å². The molecule has 3 aliphatic rings. The molecule has 11 heteroatoms. The molecule has 2 atom stereocenters. The molecular formula is C25H24F4N4O3. The summed E-state index contributed by atoms with van der Waals surface area (Å²) in [6.45, 7) is 2.07. The average Bonchev–Trinajstić information content (AvgIpc) is 3.49. The van der Waals surface area contributed by atoms with Gasteiger partial charge in [0.1, 0.15) is 17.2 Å². The van der Waals surface area contributed by atoms with E-state index in [2.05, 4.69) is 14.7 Å². The van der Waals surface area contributed by atoms with E-state index in [1.165, 1.54) is 12.3 Å². The Kier molecular flexibility index (Phi) is 5.36. The third-order valence-corrected chi connectivity index (χ3v) is 7.65. The lowest BCUT2D eigenvalue weighted by Gasteiger charge is -2.33. The molecule has 2 fully saturated rings. The summed E-state index contributed by atoms with van der Waals surface area (Å²) in [6, 6.07) is 3.29. The molecular weight excluding hydrogens is 480 g/mol. The number of halogens is 4. The van der Waals surface area contributed by atoms with E-state index in [1.54, 1.807) is 4.90 Å². The number of H-pyrrole nitrogens is 1. The van der Waals surface area contributed by atoms with Crippen molar-refractivity contribution in [1.29, 1.82) is 0 Å². The van der Waals surface area contributed by atoms with E-state index in [4.69, 9.17) is 10.5 Å². The molecule has 1 aliphatic carbocycles. The Labute approximate surface area is 203 Å². The third kappa shape index (κ3) is 3.85. The monoisotopic (exact) mass is 504 g/mol. The number of hydrogen-bond acceptors (Lipinski definition) is 5. The van der Waals surface area contributed by atoms with Gasteiger partial charge in [-0.2, -0.15) is 0 Å². The number of carbonyl (C=O) groups excluding carboxylic acids is 1. The number of fused-ring (bicyclic) bond motifs is 5. The number of nitrogens with zero attached hydrogens (tertiary/aromatic N) is 2. The van der Waals surface area contributed by atoms with Crippen LogP contribution in [0.1, 0.15) is 51.9 Å². The number of rotatable bonds is 3. The van der Waals surface area contributed by atoms with Crippen LogP contribution in [0.25, 0.3) is 11.0 Å². The topological polar surface area (TPSA) is 93.5 Å². The van der Waals surface area contributed by atoms with E-state index < -0.39 is 12.1 Å². The Balaban J connectivity index is 1.22. The number of nitrogens with one attached hydrogen (secondary N) is 1. The molecule has 3 aromatic rings. The van der Waals surface area contributed by atoms with Crippen molar-refractivity contribution in [3.05, 3.63) is 52.6 Å². The van der Waals surface area contributed by atoms with E-state index in [9.17, 15) is 18.0 Å². The standard InChI is InChI=1S/C25H24F4N4O3/c26-17-9-31-23-22(21-16-11-35-10-13(16)7-19(21)32-23)20(17)12-3-5-33(6-4-12)24(34)15-2-1-14(8-18(15)30)36-25(27,28)29/h1-2,8-9,12-13,16H,3-7,10-11,30H2,(H,31,32)/t13-,16+/m1/s1. The minimum absolute atomic E-state index is 0.0954. The second-order valence-electron chi connectivity index (χ2n) is 9.73. The molecule has 3 N–H and O–H groups in total. The van der Waals surface area contributed by atoms with Gasteiger partial charge in [0, 0.05) is 47.4 Å². The first-order chi connectivity index (χ1) is 17.2. The minimum atomic E-state index is -4.85. The van der Waals surface area contributed by atoms with Gasteiger partial charge in [-0.05, 0) is 48.8 Å². The SMILES string of the molecule is Nc1cc(OC(F)(F)F)ccc1C(=O)N1CCC(c2c(F)cnc3[nH]c4c(c23)[C@H]2COC[C@H]2C4)CC1. The summed E-state index contributed by atoms with van der Waals surface area (Å²) in [5.74, 6) is -0.656. The normalized spacial score (nSPS) is 22.2. The second kappa shape index (κ2) is 8.36. The lowest BCUT2D eigenvalue weighted by Crippen LogP contribution is -2.38. The van der Waals surface area contributed by atoms with Gasteiger partial charge in [-0.1, -0.05) is 0 Å². The number of aromatic nitrogens is 2. The maximum absolute atomic E-state index is 15.2. The summed E-state index contributed by atoms with van der Waals surface area (Å²) < 4.78 is 62.2. The fourth-order valence-electron chi connectivity index (χ4n) is 6.06. The van der Waals surface area contributed by atoms with Crippen molar-refractivity contribution in [2.45, 2.75) is 37.5 Å². The summed E-state index contributed by atoms with van der Waals surface area (Å²) in [6.07, 6.45) is -1.63. The Hall–Kier alpha value is -3.34. The van der Waals surface area contributed by atoms with Gasteiger partial charge >= 0.3 is 6.36 Å². The molecule has 36 heavy (non-hydrogen) atoms. The molecule has 0 radical (unpaired) electrons. The first-order valence-electron chi connectivity index (χ1n) is 11.9. The van der Waals surface area contributed by atoms with Crippen LogP contribution < -0.4 is 10.5 Å². The number of hydrogen-bond donors (Lipinski definition) is 2. The smallest absolute Gasteiger partial charge is 0.406 e. The van der Waals surface area contributed by atoms with Crippen LogP contribution in [0.5, 0.6) is 5.75 Å². The van der Waals surface area contributed by atoms with Crippen molar-refractivity contribution in [2.24, 2.45) is 5.92 Å². The molecule has 0 spiro atoms. The van der Waals surface area contributed by atoms with Crippen LogP contribution >= 0.6 is 0 Å². The van der Waals surface area contributed by atoms with Gasteiger partial charge in [0.2, 0.25) is 0 Å². The number of anilines is 1. The molecule has 190 valence electrons. The van der Waals surface area contributed by atoms with Gasteiger partial charge in [0.25, 0.3) is 5.91 Å². The van der Waals surface area contributed by atoms with Crippen molar-refractivity contribution >= 4 is 22.6 Å². The molecule has 7 nitrogen and oxygen atoms in total. The predicted octanol–water partition coefficient (Wildman–Crippen LogP) is 4.49. The first-order valence-corrected chi connectivity index (χ1v) is 11.9. The van der Waals surface area contributed by atoms with Crippen LogP contribution in [-0.2, 0) is 11.2 Å². The predicted molar refractivity (Wildman–Crippen MR) is 122 cm³/mol. The fourth-order valence-corrected chi connectivity index (χ4v) is 6.06. The zero-order valence-electron chi connectivity index (χ0n) is 19.2. The number of aromatic amines is 1. The van der Waals surface area contributed by atoms with Gasteiger partial charge in [-0.25, -0.2) is 9.37 Å². The Morgan fingerprint density at radius 3 is 2.69 bits per heavy atom. The lowest BCUT2D eigenvalue weighted by atomic mass is 9.85. The van der Waals surface area contributed by atoms with Crippen LogP contribution in [0.2, 0.25) is 0 Å². The van der Waals surface area contributed by atoms with Gasteiger partial charge in [0.15, 0.2) is 0 Å². The number of nitrogen functional groups attached to an aromatic ring is 1. The van der Waals surface area contributed by atoms with Crippen molar-refractivity contribution in [2.75, 3.05) is 32.0 Å². The van der Waals surface area contributed by atoms with Crippen molar-refractivity contribution in [3.63, 3.8) is 0 Å². The summed E-state index contributed by atoms with van der Waals surface area (Å²) in [5, 5.41) is 0.859. The number of pyridine rings is 1.